The fourth-order valence-electron chi connectivity index (χ4n) is 2.82. The van der Waals surface area contributed by atoms with E-state index in [4.69, 9.17) is 23.2 Å². The third-order valence-electron chi connectivity index (χ3n) is 4.38. The van der Waals surface area contributed by atoms with Crippen molar-refractivity contribution in [2.24, 2.45) is 5.10 Å². The molecule has 0 saturated carbocycles. The minimum atomic E-state index is -0.232. The molecule has 0 saturated heterocycles. The van der Waals surface area contributed by atoms with Crippen molar-refractivity contribution in [2.75, 3.05) is 5.75 Å². The Bertz CT molecular complexity index is 1240. The first kappa shape index (κ1) is 22.5. The van der Waals surface area contributed by atoms with Crippen molar-refractivity contribution in [3.63, 3.8) is 0 Å². The fraction of sp³-hybridized carbons (Fsp3) is 0.0909. The van der Waals surface area contributed by atoms with E-state index in [2.05, 4.69) is 20.7 Å². The number of carbonyl (C=O) groups is 1. The van der Waals surface area contributed by atoms with Crippen molar-refractivity contribution in [3.05, 3.63) is 81.0 Å². The molecular formula is C22H17Cl2N5OS2. The van der Waals surface area contributed by atoms with E-state index in [1.54, 1.807) is 35.6 Å². The number of nitrogens with one attached hydrogen (secondary N) is 1. The van der Waals surface area contributed by atoms with Crippen LogP contribution in [0.5, 0.6) is 0 Å². The van der Waals surface area contributed by atoms with Crippen molar-refractivity contribution in [3.8, 4) is 17.1 Å². The van der Waals surface area contributed by atoms with Gasteiger partial charge in [0.2, 0.25) is 0 Å². The summed E-state index contributed by atoms with van der Waals surface area (Å²) in [7, 11) is 0. The molecule has 2 aromatic heterocycles. The van der Waals surface area contributed by atoms with Crippen molar-refractivity contribution < 1.29 is 4.79 Å². The van der Waals surface area contributed by atoms with Gasteiger partial charge in [0.05, 0.1) is 11.5 Å². The molecule has 0 aliphatic carbocycles. The molecule has 2 heterocycles. The van der Waals surface area contributed by atoms with E-state index in [9.17, 15) is 4.79 Å². The van der Waals surface area contributed by atoms with Crippen LogP contribution < -0.4 is 5.43 Å². The summed E-state index contributed by atoms with van der Waals surface area (Å²) in [4.78, 5) is 13.4. The van der Waals surface area contributed by atoms with Gasteiger partial charge in [-0.3, -0.25) is 9.36 Å². The molecule has 0 unspecified atom stereocenters. The Balaban J connectivity index is 1.55. The number of nitrogens with zero attached hydrogens (tertiary/aromatic N) is 4. The van der Waals surface area contributed by atoms with Crippen molar-refractivity contribution in [1.29, 1.82) is 0 Å². The number of rotatable bonds is 7. The maximum atomic E-state index is 12.4. The molecular weight excluding hydrogens is 485 g/mol. The maximum Gasteiger partial charge on any atom is 0.250 e. The van der Waals surface area contributed by atoms with Crippen LogP contribution in [0.2, 0.25) is 10.0 Å². The van der Waals surface area contributed by atoms with Crippen LogP contribution in [0, 0.1) is 0 Å². The highest BCUT2D eigenvalue weighted by molar-refractivity contribution is 7.99. The Morgan fingerprint density at radius 1 is 1.06 bits per heavy atom. The molecule has 0 aliphatic heterocycles. The molecule has 0 atom stereocenters. The normalized spacial score (nSPS) is 11.5. The summed E-state index contributed by atoms with van der Waals surface area (Å²) in [6, 6.07) is 18.6. The van der Waals surface area contributed by atoms with Crippen LogP contribution in [-0.2, 0) is 4.79 Å². The zero-order valence-electron chi connectivity index (χ0n) is 16.8. The summed E-state index contributed by atoms with van der Waals surface area (Å²) in [5.41, 5.74) is 5.04. The molecule has 162 valence electrons. The predicted molar refractivity (Wildman–Crippen MR) is 132 cm³/mol. The zero-order chi connectivity index (χ0) is 22.5. The SMILES string of the molecule is C/C(=N\NC(=O)CSc1nnc(-c2ccc(Cl)cc2)n1-c1ccc(Cl)cc1)c1cccs1. The van der Waals surface area contributed by atoms with Gasteiger partial charge in [-0.15, -0.1) is 21.5 Å². The minimum Gasteiger partial charge on any atom is -0.272 e. The van der Waals surface area contributed by atoms with Crippen LogP contribution in [0.3, 0.4) is 0 Å². The smallest absolute Gasteiger partial charge is 0.250 e. The van der Waals surface area contributed by atoms with Gasteiger partial charge in [-0.2, -0.15) is 5.10 Å². The Morgan fingerprint density at radius 2 is 1.75 bits per heavy atom. The van der Waals surface area contributed by atoms with Crippen LogP contribution in [0.1, 0.15) is 11.8 Å². The number of hydrogen-bond acceptors (Lipinski definition) is 6. The number of carbonyl (C=O) groups excluding carboxylic acids is 1. The lowest BCUT2D eigenvalue weighted by molar-refractivity contribution is -0.118. The van der Waals surface area contributed by atoms with E-state index in [1.807, 2.05) is 53.3 Å². The summed E-state index contributed by atoms with van der Waals surface area (Å²) in [6.45, 7) is 1.86. The molecule has 6 nitrogen and oxygen atoms in total. The topological polar surface area (TPSA) is 72.2 Å². The lowest BCUT2D eigenvalue weighted by atomic mass is 10.2. The second kappa shape index (κ2) is 10.3. The Kier molecular flexibility index (Phi) is 7.26. The Morgan fingerprint density at radius 3 is 2.41 bits per heavy atom. The molecule has 10 heteroatoms. The molecule has 0 bridgehead atoms. The summed E-state index contributed by atoms with van der Waals surface area (Å²) in [5, 5.41) is 16.7. The largest absolute Gasteiger partial charge is 0.272 e. The number of thioether (sulfide) groups is 1. The molecule has 0 spiro atoms. The van der Waals surface area contributed by atoms with E-state index in [0.29, 0.717) is 21.0 Å². The number of thiophene rings is 1. The summed E-state index contributed by atoms with van der Waals surface area (Å²) in [5.74, 6) is 0.538. The van der Waals surface area contributed by atoms with Gasteiger partial charge in [0.25, 0.3) is 5.91 Å². The van der Waals surface area contributed by atoms with Gasteiger partial charge in [-0.05, 0) is 66.9 Å². The zero-order valence-corrected chi connectivity index (χ0v) is 20.0. The summed E-state index contributed by atoms with van der Waals surface area (Å²) >= 11 is 14.9. The van der Waals surface area contributed by atoms with Crippen LogP contribution in [0.15, 0.2) is 76.3 Å². The second-order valence-corrected chi connectivity index (χ2v) is 9.39. The molecule has 2 aromatic carbocycles. The van der Waals surface area contributed by atoms with Crippen molar-refractivity contribution >= 4 is 57.9 Å². The van der Waals surface area contributed by atoms with Crippen LogP contribution >= 0.6 is 46.3 Å². The van der Waals surface area contributed by atoms with E-state index in [0.717, 1.165) is 21.8 Å². The Hall–Kier alpha value is -2.65. The van der Waals surface area contributed by atoms with Crippen molar-refractivity contribution in [1.82, 2.24) is 20.2 Å². The molecule has 0 aliphatic rings. The first-order valence-electron chi connectivity index (χ1n) is 9.48. The number of hydrogen-bond donors (Lipinski definition) is 1. The van der Waals surface area contributed by atoms with Crippen molar-refractivity contribution in [2.45, 2.75) is 12.1 Å². The first-order valence-corrected chi connectivity index (χ1v) is 12.1. The molecule has 1 N–H and O–H groups in total. The van der Waals surface area contributed by atoms with E-state index in [-0.39, 0.29) is 11.7 Å². The quantitative estimate of drug-likeness (QED) is 0.193. The molecule has 32 heavy (non-hydrogen) atoms. The first-order chi connectivity index (χ1) is 15.5. The summed E-state index contributed by atoms with van der Waals surface area (Å²) in [6.07, 6.45) is 0. The predicted octanol–water partition coefficient (Wildman–Crippen LogP) is 5.94. The highest BCUT2D eigenvalue weighted by atomic mass is 35.5. The summed E-state index contributed by atoms with van der Waals surface area (Å²) < 4.78 is 1.89. The number of benzene rings is 2. The number of hydrazone groups is 1. The molecule has 0 fully saturated rings. The van der Waals surface area contributed by atoms with Gasteiger partial charge < -0.3 is 0 Å². The highest BCUT2D eigenvalue weighted by Gasteiger charge is 2.17. The molecule has 4 rings (SSSR count). The van der Waals surface area contributed by atoms with Crippen LogP contribution in [0.4, 0.5) is 0 Å². The van der Waals surface area contributed by atoms with Gasteiger partial charge in [0.15, 0.2) is 11.0 Å². The van der Waals surface area contributed by atoms with E-state index < -0.39 is 0 Å². The average molecular weight is 502 g/mol. The van der Waals surface area contributed by atoms with Crippen LogP contribution in [0.25, 0.3) is 17.1 Å². The third-order valence-corrected chi connectivity index (χ3v) is 6.79. The van der Waals surface area contributed by atoms with E-state index in [1.165, 1.54) is 11.8 Å². The second-order valence-electron chi connectivity index (χ2n) is 6.62. The molecule has 0 radical (unpaired) electrons. The standard InChI is InChI=1S/C22H17Cl2N5OS2/c1-14(19-3-2-12-31-19)25-26-20(30)13-32-22-28-27-21(15-4-6-16(23)7-5-15)29(22)18-10-8-17(24)9-11-18/h2-12H,13H2,1H3,(H,26,30)/b25-14+. The molecule has 1 amide bonds. The Labute approximate surface area is 203 Å². The van der Waals surface area contributed by atoms with Gasteiger partial charge >= 0.3 is 0 Å². The number of aromatic nitrogens is 3. The lowest BCUT2D eigenvalue weighted by Crippen LogP contribution is -2.21. The van der Waals surface area contributed by atoms with Gasteiger partial charge in [-0.1, -0.05) is 41.0 Å². The minimum absolute atomic E-state index is 0.133. The lowest BCUT2D eigenvalue weighted by Gasteiger charge is -2.10. The van der Waals surface area contributed by atoms with Gasteiger partial charge in [0, 0.05) is 26.2 Å². The van der Waals surface area contributed by atoms with Crippen LogP contribution in [-0.4, -0.2) is 32.1 Å². The molecule has 4 aromatic rings. The monoisotopic (exact) mass is 501 g/mol. The van der Waals surface area contributed by atoms with E-state index >= 15 is 0 Å². The van der Waals surface area contributed by atoms with Gasteiger partial charge in [-0.25, -0.2) is 5.43 Å². The average Bonchev–Trinajstić information content (AvgIpc) is 3.48. The van der Waals surface area contributed by atoms with Gasteiger partial charge in [0.1, 0.15) is 0 Å². The number of halogens is 2. The third kappa shape index (κ3) is 5.39. The fourth-order valence-corrected chi connectivity index (χ4v) is 4.49. The number of amides is 1. The highest BCUT2D eigenvalue weighted by Crippen LogP contribution is 2.29. The maximum absolute atomic E-state index is 12.4.